The van der Waals surface area contributed by atoms with Crippen LogP contribution in [0.4, 0.5) is 0 Å². The molecular weight excluding hydrogens is 394 g/mol. The Balaban J connectivity index is 1.28. The second-order valence-electron chi connectivity index (χ2n) is 8.88. The Hall–Kier alpha value is -2.93. The average Bonchev–Trinajstić information content (AvgIpc) is 3.30. The quantitative estimate of drug-likeness (QED) is 0.697. The van der Waals surface area contributed by atoms with E-state index >= 15 is 0 Å². The number of benzene rings is 1. The molecule has 1 amide bonds. The number of amides is 1. The van der Waals surface area contributed by atoms with Crippen LogP contribution in [0.3, 0.4) is 0 Å². The Morgan fingerprint density at radius 2 is 1.87 bits per heavy atom. The number of aromatic nitrogens is 2. The van der Waals surface area contributed by atoms with Gasteiger partial charge in [0.1, 0.15) is 17.4 Å². The fourth-order valence-electron chi connectivity index (χ4n) is 5.00. The SMILES string of the molecule is Cc1ccc(O[C@@H]2C[C@@H]3CN(C(=O)c4ccc5nc(C)oc5c4)C[C@@H]3C[C@H]2O)c(C)n1. The Bertz CT molecular complexity index is 1140. The lowest BCUT2D eigenvalue weighted by atomic mass is 9.78. The lowest BCUT2D eigenvalue weighted by Crippen LogP contribution is -2.42. The lowest BCUT2D eigenvalue weighted by molar-refractivity contribution is -0.0236. The number of carbonyl (C=O) groups is 1. The molecule has 0 bridgehead atoms. The zero-order valence-corrected chi connectivity index (χ0v) is 18.0. The monoisotopic (exact) mass is 421 g/mol. The van der Waals surface area contributed by atoms with Gasteiger partial charge in [0.05, 0.1) is 11.8 Å². The van der Waals surface area contributed by atoms with Crippen molar-refractivity contribution in [3.05, 3.63) is 53.2 Å². The number of hydrogen-bond acceptors (Lipinski definition) is 6. The number of fused-ring (bicyclic) bond motifs is 2. The van der Waals surface area contributed by atoms with Gasteiger partial charge >= 0.3 is 0 Å². The molecule has 2 fully saturated rings. The number of hydrogen-bond donors (Lipinski definition) is 1. The molecule has 4 atom stereocenters. The molecular formula is C24H27N3O4. The van der Waals surface area contributed by atoms with Crippen molar-refractivity contribution < 1.29 is 19.1 Å². The van der Waals surface area contributed by atoms with Crippen LogP contribution in [-0.4, -0.2) is 51.2 Å². The van der Waals surface area contributed by atoms with Gasteiger partial charge in [-0.15, -0.1) is 0 Å². The summed E-state index contributed by atoms with van der Waals surface area (Å²) in [6.45, 7) is 7.00. The van der Waals surface area contributed by atoms with Gasteiger partial charge in [0, 0.05) is 31.3 Å². The molecule has 0 radical (unpaired) electrons. The van der Waals surface area contributed by atoms with Crippen LogP contribution >= 0.6 is 0 Å². The highest BCUT2D eigenvalue weighted by Crippen LogP contribution is 2.39. The summed E-state index contributed by atoms with van der Waals surface area (Å²) in [6.07, 6.45) is 0.527. The molecule has 2 aromatic heterocycles. The first-order valence-electron chi connectivity index (χ1n) is 10.8. The van der Waals surface area contributed by atoms with Crippen molar-refractivity contribution in [1.29, 1.82) is 0 Å². The first kappa shape index (κ1) is 20.0. The molecule has 0 spiro atoms. The van der Waals surface area contributed by atoms with E-state index in [4.69, 9.17) is 9.15 Å². The molecule has 31 heavy (non-hydrogen) atoms. The molecule has 1 aliphatic heterocycles. The van der Waals surface area contributed by atoms with E-state index in [0.29, 0.717) is 42.5 Å². The van der Waals surface area contributed by atoms with Crippen molar-refractivity contribution in [1.82, 2.24) is 14.9 Å². The van der Waals surface area contributed by atoms with Crippen LogP contribution in [0.25, 0.3) is 11.1 Å². The predicted molar refractivity (Wildman–Crippen MR) is 115 cm³/mol. The van der Waals surface area contributed by atoms with Gasteiger partial charge in [-0.3, -0.25) is 9.78 Å². The van der Waals surface area contributed by atoms with Crippen LogP contribution in [0.15, 0.2) is 34.7 Å². The molecule has 2 aliphatic rings. The van der Waals surface area contributed by atoms with Gasteiger partial charge in [0.25, 0.3) is 5.91 Å². The van der Waals surface area contributed by atoms with E-state index in [1.54, 1.807) is 13.0 Å². The number of oxazole rings is 1. The molecule has 1 saturated heterocycles. The molecule has 1 saturated carbocycles. The van der Waals surface area contributed by atoms with Gasteiger partial charge in [-0.1, -0.05) is 0 Å². The van der Waals surface area contributed by atoms with Crippen LogP contribution in [0.2, 0.25) is 0 Å². The molecule has 1 N–H and O–H groups in total. The number of likely N-dealkylation sites (tertiary alicyclic amines) is 1. The predicted octanol–water partition coefficient (Wildman–Crippen LogP) is 3.44. The maximum Gasteiger partial charge on any atom is 0.254 e. The summed E-state index contributed by atoms with van der Waals surface area (Å²) < 4.78 is 11.7. The topological polar surface area (TPSA) is 88.7 Å². The Morgan fingerprint density at radius 1 is 1.10 bits per heavy atom. The zero-order valence-electron chi connectivity index (χ0n) is 18.0. The van der Waals surface area contributed by atoms with E-state index in [1.165, 1.54) is 0 Å². The van der Waals surface area contributed by atoms with Gasteiger partial charge in [-0.25, -0.2) is 4.98 Å². The van der Waals surface area contributed by atoms with E-state index < -0.39 is 6.10 Å². The van der Waals surface area contributed by atoms with Crippen molar-refractivity contribution in [2.45, 2.75) is 45.8 Å². The zero-order chi connectivity index (χ0) is 21.7. The molecule has 162 valence electrons. The fourth-order valence-corrected chi connectivity index (χ4v) is 5.00. The van der Waals surface area contributed by atoms with Crippen LogP contribution in [-0.2, 0) is 0 Å². The second kappa shape index (κ2) is 7.64. The number of pyridine rings is 1. The largest absolute Gasteiger partial charge is 0.486 e. The standard InChI is InChI=1S/C24H27N3O4/c1-13-4-7-21(14(2)25-13)31-23-10-18-12-27(11-17(18)8-20(23)28)24(29)16-5-6-19-22(9-16)30-15(3)26-19/h4-7,9,17-18,20,23,28H,8,10-12H2,1-3H3/t17-,18+,20+,23+/m0/s1. The Labute approximate surface area is 181 Å². The number of aryl methyl sites for hydroxylation is 3. The number of carbonyl (C=O) groups excluding carboxylic acids is 1. The summed E-state index contributed by atoms with van der Waals surface area (Å²) >= 11 is 0. The van der Waals surface area contributed by atoms with Crippen molar-refractivity contribution >= 4 is 17.0 Å². The van der Waals surface area contributed by atoms with Crippen LogP contribution in [0.1, 0.15) is 40.5 Å². The van der Waals surface area contributed by atoms with Crippen LogP contribution in [0.5, 0.6) is 5.75 Å². The van der Waals surface area contributed by atoms with E-state index in [1.807, 2.05) is 43.0 Å². The number of aliphatic hydroxyl groups excluding tert-OH is 1. The molecule has 7 heteroatoms. The number of rotatable bonds is 3. The van der Waals surface area contributed by atoms with Gasteiger partial charge in [0.2, 0.25) is 0 Å². The van der Waals surface area contributed by atoms with Gasteiger partial charge < -0.3 is 19.2 Å². The Morgan fingerprint density at radius 3 is 2.65 bits per heavy atom. The summed E-state index contributed by atoms with van der Waals surface area (Å²) in [5, 5.41) is 10.7. The summed E-state index contributed by atoms with van der Waals surface area (Å²) in [7, 11) is 0. The van der Waals surface area contributed by atoms with E-state index in [-0.39, 0.29) is 17.9 Å². The lowest BCUT2D eigenvalue weighted by Gasteiger charge is -2.35. The van der Waals surface area contributed by atoms with Crippen LogP contribution < -0.4 is 4.74 Å². The molecule has 1 aromatic carbocycles. The van der Waals surface area contributed by atoms with Gasteiger partial charge in [0.15, 0.2) is 11.5 Å². The molecule has 3 aromatic rings. The first-order chi connectivity index (χ1) is 14.9. The molecule has 5 rings (SSSR count). The normalized spacial score (nSPS) is 25.6. The third kappa shape index (κ3) is 3.78. The average molecular weight is 421 g/mol. The summed E-state index contributed by atoms with van der Waals surface area (Å²) in [4.78, 5) is 23.8. The minimum atomic E-state index is -0.550. The summed E-state index contributed by atoms with van der Waals surface area (Å²) in [5.41, 5.74) is 3.77. The van der Waals surface area contributed by atoms with Gasteiger partial charge in [-0.05, 0) is 68.9 Å². The fraction of sp³-hybridized carbons (Fsp3) is 0.458. The highest BCUT2D eigenvalue weighted by atomic mass is 16.5. The van der Waals surface area contributed by atoms with Crippen molar-refractivity contribution in [2.75, 3.05) is 13.1 Å². The minimum absolute atomic E-state index is 0.00381. The Kier molecular flexibility index (Phi) is 4.93. The van der Waals surface area contributed by atoms with Crippen molar-refractivity contribution in [3.8, 4) is 5.75 Å². The third-order valence-corrected chi connectivity index (χ3v) is 6.57. The number of nitrogens with zero attached hydrogens (tertiary/aromatic N) is 3. The maximum atomic E-state index is 13.1. The van der Waals surface area contributed by atoms with Crippen molar-refractivity contribution in [3.63, 3.8) is 0 Å². The molecule has 0 unspecified atom stereocenters. The number of ether oxygens (including phenoxy) is 1. The molecule has 3 heterocycles. The number of aliphatic hydroxyl groups is 1. The van der Waals surface area contributed by atoms with E-state index in [0.717, 1.165) is 29.1 Å². The molecule has 7 nitrogen and oxygen atoms in total. The smallest absolute Gasteiger partial charge is 0.254 e. The van der Waals surface area contributed by atoms with E-state index in [2.05, 4.69) is 9.97 Å². The third-order valence-electron chi connectivity index (χ3n) is 6.57. The first-order valence-corrected chi connectivity index (χ1v) is 10.8. The maximum absolute atomic E-state index is 13.1. The minimum Gasteiger partial charge on any atom is -0.486 e. The second-order valence-corrected chi connectivity index (χ2v) is 8.88. The van der Waals surface area contributed by atoms with E-state index in [9.17, 15) is 9.90 Å². The van der Waals surface area contributed by atoms with Gasteiger partial charge in [-0.2, -0.15) is 0 Å². The highest BCUT2D eigenvalue weighted by molar-refractivity contribution is 5.97. The summed E-state index contributed by atoms with van der Waals surface area (Å²) in [6, 6.07) is 9.25. The summed E-state index contributed by atoms with van der Waals surface area (Å²) in [5.74, 6) is 1.90. The van der Waals surface area contributed by atoms with Crippen LogP contribution in [0, 0.1) is 32.6 Å². The highest BCUT2D eigenvalue weighted by Gasteiger charge is 2.44. The van der Waals surface area contributed by atoms with Crippen molar-refractivity contribution in [2.24, 2.45) is 11.8 Å². The molecule has 1 aliphatic carbocycles.